The van der Waals surface area contributed by atoms with Crippen molar-refractivity contribution in [1.82, 2.24) is 15.1 Å². The fraction of sp³-hybridized carbons (Fsp3) is 0.389. The monoisotopic (exact) mass is 345 g/mol. The van der Waals surface area contributed by atoms with E-state index < -0.39 is 17.7 Å². The lowest BCUT2D eigenvalue weighted by atomic mass is 9.99. The number of ether oxygens (including phenoxy) is 1. The Morgan fingerprint density at radius 1 is 1.32 bits per heavy atom. The molecule has 25 heavy (non-hydrogen) atoms. The van der Waals surface area contributed by atoms with Crippen LogP contribution in [0.1, 0.15) is 36.7 Å². The Kier molecular flexibility index (Phi) is 5.46. The second kappa shape index (κ2) is 7.38. The smallest absolute Gasteiger partial charge is 0.407 e. The predicted molar refractivity (Wildman–Crippen MR) is 93.6 cm³/mol. The van der Waals surface area contributed by atoms with Crippen molar-refractivity contribution in [1.29, 1.82) is 0 Å². The van der Waals surface area contributed by atoms with Crippen molar-refractivity contribution in [2.45, 2.75) is 39.8 Å². The average molecular weight is 345 g/mol. The molecule has 0 aliphatic heterocycles. The van der Waals surface area contributed by atoms with Gasteiger partial charge in [0.05, 0.1) is 18.3 Å². The van der Waals surface area contributed by atoms with Crippen LogP contribution in [0.3, 0.4) is 0 Å². The van der Waals surface area contributed by atoms with Gasteiger partial charge in [-0.05, 0) is 44.9 Å². The van der Waals surface area contributed by atoms with E-state index in [-0.39, 0.29) is 5.56 Å². The second-order valence-corrected chi connectivity index (χ2v) is 6.70. The number of benzene rings is 1. The first kappa shape index (κ1) is 18.5. The van der Waals surface area contributed by atoms with Crippen LogP contribution < -0.4 is 5.32 Å². The summed E-state index contributed by atoms with van der Waals surface area (Å²) in [6.45, 7) is 8.06. The number of carboxylic acid groups (broad SMARTS) is 1. The van der Waals surface area contributed by atoms with Crippen LogP contribution in [-0.2, 0) is 11.3 Å². The van der Waals surface area contributed by atoms with Crippen molar-refractivity contribution in [3.05, 3.63) is 41.7 Å². The first-order chi connectivity index (χ1) is 11.7. The Morgan fingerprint density at radius 3 is 2.68 bits per heavy atom. The summed E-state index contributed by atoms with van der Waals surface area (Å²) in [5.74, 6) is -0.951. The third-order valence-electron chi connectivity index (χ3n) is 3.52. The number of carbonyl (C=O) groups excluding carboxylic acids is 1. The lowest BCUT2D eigenvalue weighted by molar-refractivity contribution is 0.0525. The number of carboxylic acids is 1. The molecule has 0 aliphatic rings. The van der Waals surface area contributed by atoms with E-state index >= 15 is 0 Å². The fourth-order valence-electron chi connectivity index (χ4n) is 2.39. The van der Waals surface area contributed by atoms with Gasteiger partial charge >= 0.3 is 12.1 Å². The van der Waals surface area contributed by atoms with E-state index in [4.69, 9.17) is 4.74 Å². The van der Waals surface area contributed by atoms with Crippen molar-refractivity contribution < 1.29 is 19.4 Å². The molecule has 0 spiro atoms. The van der Waals surface area contributed by atoms with Gasteiger partial charge in [0.2, 0.25) is 0 Å². The van der Waals surface area contributed by atoms with Gasteiger partial charge in [-0.1, -0.05) is 12.1 Å². The van der Waals surface area contributed by atoms with Gasteiger partial charge in [0.1, 0.15) is 5.60 Å². The van der Waals surface area contributed by atoms with E-state index in [1.165, 1.54) is 0 Å². The van der Waals surface area contributed by atoms with Crippen LogP contribution >= 0.6 is 0 Å². The number of rotatable bonds is 5. The molecule has 0 saturated heterocycles. The van der Waals surface area contributed by atoms with Gasteiger partial charge in [-0.2, -0.15) is 5.10 Å². The van der Waals surface area contributed by atoms with Gasteiger partial charge in [0.25, 0.3) is 0 Å². The molecule has 1 aromatic carbocycles. The zero-order valence-corrected chi connectivity index (χ0v) is 14.9. The van der Waals surface area contributed by atoms with Crippen LogP contribution in [0.25, 0.3) is 11.1 Å². The lowest BCUT2D eigenvalue weighted by Crippen LogP contribution is -2.34. The summed E-state index contributed by atoms with van der Waals surface area (Å²) in [4.78, 5) is 22.8. The molecule has 7 nitrogen and oxygen atoms in total. The molecule has 0 atom stereocenters. The maximum absolute atomic E-state index is 11.6. The van der Waals surface area contributed by atoms with E-state index in [2.05, 4.69) is 10.4 Å². The molecule has 0 unspecified atom stereocenters. The van der Waals surface area contributed by atoms with Gasteiger partial charge < -0.3 is 15.2 Å². The molecular weight excluding hydrogens is 322 g/mol. The summed E-state index contributed by atoms with van der Waals surface area (Å²) in [5.41, 5.74) is 2.10. The molecule has 0 fully saturated rings. The molecule has 0 radical (unpaired) electrons. The third kappa shape index (κ3) is 5.07. The zero-order valence-electron chi connectivity index (χ0n) is 14.9. The largest absolute Gasteiger partial charge is 0.478 e. The van der Waals surface area contributed by atoms with E-state index in [0.29, 0.717) is 18.7 Å². The summed E-state index contributed by atoms with van der Waals surface area (Å²) >= 11 is 0. The number of nitrogens with one attached hydrogen (secondary N) is 1. The Balaban J connectivity index is 2.00. The Labute approximate surface area is 146 Å². The number of nitrogens with zero attached hydrogens (tertiary/aromatic N) is 2. The van der Waals surface area contributed by atoms with Crippen molar-refractivity contribution in [3.63, 3.8) is 0 Å². The molecule has 2 rings (SSSR count). The molecule has 1 heterocycles. The van der Waals surface area contributed by atoms with E-state index in [1.54, 1.807) is 50.7 Å². The van der Waals surface area contributed by atoms with Crippen LogP contribution in [0.15, 0.2) is 30.6 Å². The minimum absolute atomic E-state index is 0.275. The molecule has 0 bridgehead atoms. The topological polar surface area (TPSA) is 93.5 Å². The van der Waals surface area contributed by atoms with Gasteiger partial charge in [0.15, 0.2) is 0 Å². The third-order valence-corrected chi connectivity index (χ3v) is 3.52. The quantitative estimate of drug-likeness (QED) is 0.868. The van der Waals surface area contributed by atoms with E-state index in [1.807, 2.05) is 12.3 Å². The van der Waals surface area contributed by atoms with Gasteiger partial charge in [-0.3, -0.25) is 4.68 Å². The maximum atomic E-state index is 11.6. The molecule has 1 amide bonds. The maximum Gasteiger partial charge on any atom is 0.407 e. The summed E-state index contributed by atoms with van der Waals surface area (Å²) in [6, 6.07) is 5.16. The van der Waals surface area contributed by atoms with Crippen molar-refractivity contribution in [2.24, 2.45) is 0 Å². The van der Waals surface area contributed by atoms with Crippen LogP contribution in [0.2, 0.25) is 0 Å². The number of hydrogen-bond acceptors (Lipinski definition) is 4. The number of carbonyl (C=O) groups is 2. The first-order valence-corrected chi connectivity index (χ1v) is 8.00. The van der Waals surface area contributed by atoms with Crippen molar-refractivity contribution >= 4 is 12.1 Å². The SMILES string of the molecule is Cc1c(C(=O)O)cccc1-c1cnn(CCNC(=O)OC(C)(C)C)c1. The Morgan fingerprint density at radius 2 is 2.04 bits per heavy atom. The minimum Gasteiger partial charge on any atom is -0.478 e. The molecule has 0 aliphatic carbocycles. The molecule has 7 heteroatoms. The number of aromatic nitrogens is 2. The van der Waals surface area contributed by atoms with Crippen LogP contribution in [-0.4, -0.2) is 39.1 Å². The van der Waals surface area contributed by atoms with Gasteiger partial charge in [-0.15, -0.1) is 0 Å². The molecule has 1 aromatic heterocycles. The van der Waals surface area contributed by atoms with E-state index in [0.717, 1.165) is 11.1 Å². The highest BCUT2D eigenvalue weighted by atomic mass is 16.6. The molecule has 2 N–H and O–H groups in total. The second-order valence-electron chi connectivity index (χ2n) is 6.70. The highest BCUT2D eigenvalue weighted by Gasteiger charge is 2.16. The Hall–Kier alpha value is -2.83. The molecule has 0 saturated carbocycles. The normalized spacial score (nSPS) is 11.2. The number of amides is 1. The van der Waals surface area contributed by atoms with E-state index in [9.17, 15) is 14.7 Å². The van der Waals surface area contributed by atoms with Gasteiger partial charge in [-0.25, -0.2) is 9.59 Å². The molecular formula is C18H23N3O4. The number of hydrogen-bond donors (Lipinski definition) is 2. The Bertz CT molecular complexity index is 775. The van der Waals surface area contributed by atoms with Crippen molar-refractivity contribution in [2.75, 3.05) is 6.54 Å². The summed E-state index contributed by atoms with van der Waals surface area (Å²) < 4.78 is 6.86. The lowest BCUT2D eigenvalue weighted by Gasteiger charge is -2.19. The van der Waals surface area contributed by atoms with Crippen LogP contribution in [0.4, 0.5) is 4.79 Å². The summed E-state index contributed by atoms with van der Waals surface area (Å²) in [5, 5.41) is 16.1. The fourth-order valence-corrected chi connectivity index (χ4v) is 2.39. The van der Waals surface area contributed by atoms with Crippen LogP contribution in [0, 0.1) is 6.92 Å². The molecule has 2 aromatic rings. The summed E-state index contributed by atoms with van der Waals surface area (Å²) in [7, 11) is 0. The highest BCUT2D eigenvalue weighted by molar-refractivity contribution is 5.91. The number of alkyl carbamates (subject to hydrolysis) is 1. The number of aromatic carboxylic acids is 1. The van der Waals surface area contributed by atoms with Gasteiger partial charge in [0, 0.05) is 18.3 Å². The van der Waals surface area contributed by atoms with Crippen LogP contribution in [0.5, 0.6) is 0 Å². The standard InChI is InChI=1S/C18H23N3O4/c1-12-14(6-5-7-15(12)16(22)23)13-10-20-21(11-13)9-8-19-17(24)25-18(2,3)4/h5-7,10-11H,8-9H2,1-4H3,(H,19,24)(H,22,23). The summed E-state index contributed by atoms with van der Waals surface area (Å²) in [6.07, 6.45) is 3.04. The highest BCUT2D eigenvalue weighted by Crippen LogP contribution is 2.25. The molecule has 134 valence electrons. The average Bonchev–Trinajstić information content (AvgIpc) is 2.94. The predicted octanol–water partition coefficient (Wildman–Crippen LogP) is 3.08. The first-order valence-electron chi connectivity index (χ1n) is 8.00. The van der Waals surface area contributed by atoms with Crippen molar-refractivity contribution in [3.8, 4) is 11.1 Å². The zero-order chi connectivity index (χ0) is 18.6. The minimum atomic E-state index is -0.951.